The molecule has 1 saturated heterocycles. The standard InChI is InChI=1S/C27H38O5/c1-18(2)8-7-9-19(3)24-26(30-6)25(20(4)16-27(24)17-31-27)32-23(28)15-12-21-10-13-22(29-5)14-11-21/h9-15,18,20,24-26H,7-8,16-17H2,1-6H3/b15-12+,19-9+. The molecule has 0 radical (unpaired) electrons. The third-order valence-corrected chi connectivity index (χ3v) is 6.72. The van der Waals surface area contributed by atoms with Gasteiger partial charge in [-0.2, -0.15) is 0 Å². The summed E-state index contributed by atoms with van der Waals surface area (Å²) in [6, 6.07) is 7.53. The zero-order chi connectivity index (χ0) is 23.3. The highest BCUT2D eigenvalue weighted by Crippen LogP contribution is 2.52. The van der Waals surface area contributed by atoms with Crippen molar-refractivity contribution in [1.82, 2.24) is 0 Å². The topological polar surface area (TPSA) is 57.3 Å². The van der Waals surface area contributed by atoms with Crippen LogP contribution in [-0.2, 0) is 19.0 Å². The van der Waals surface area contributed by atoms with Gasteiger partial charge in [0.15, 0.2) is 0 Å². The van der Waals surface area contributed by atoms with Gasteiger partial charge in [-0.3, -0.25) is 0 Å². The van der Waals surface area contributed by atoms with Crippen LogP contribution >= 0.6 is 0 Å². The molecule has 5 unspecified atom stereocenters. The van der Waals surface area contributed by atoms with E-state index in [-0.39, 0.29) is 35.6 Å². The molecule has 32 heavy (non-hydrogen) atoms. The van der Waals surface area contributed by atoms with Crippen molar-refractivity contribution in [3.63, 3.8) is 0 Å². The third-order valence-electron chi connectivity index (χ3n) is 6.72. The molecule has 1 heterocycles. The SMILES string of the molecule is COc1ccc(/C=C/C(=O)OC2C(C)CC3(CO3)C(/C(C)=C/CCC(C)C)C2OC)cc1. The third kappa shape index (κ3) is 5.81. The van der Waals surface area contributed by atoms with Gasteiger partial charge in [0, 0.05) is 19.1 Å². The second-order valence-corrected chi connectivity index (χ2v) is 9.64. The van der Waals surface area contributed by atoms with E-state index in [1.807, 2.05) is 24.3 Å². The van der Waals surface area contributed by atoms with Crippen LogP contribution in [0.5, 0.6) is 5.75 Å². The van der Waals surface area contributed by atoms with Crippen molar-refractivity contribution in [3.05, 3.63) is 47.6 Å². The molecule has 2 aliphatic rings. The van der Waals surface area contributed by atoms with Crippen LogP contribution in [0.1, 0.15) is 52.5 Å². The Morgan fingerprint density at radius 1 is 1.22 bits per heavy atom. The highest BCUT2D eigenvalue weighted by Gasteiger charge is 2.61. The molecule has 0 amide bonds. The van der Waals surface area contributed by atoms with Crippen LogP contribution in [-0.4, -0.2) is 44.6 Å². The molecule has 0 bridgehead atoms. The molecule has 3 rings (SSSR count). The van der Waals surface area contributed by atoms with Crippen molar-refractivity contribution < 1.29 is 23.7 Å². The quantitative estimate of drug-likeness (QED) is 0.220. The molecule has 1 aliphatic carbocycles. The van der Waals surface area contributed by atoms with Crippen LogP contribution in [0.25, 0.3) is 6.08 Å². The molecule has 1 saturated carbocycles. The summed E-state index contributed by atoms with van der Waals surface area (Å²) >= 11 is 0. The fraction of sp³-hybridized carbons (Fsp3) is 0.593. The van der Waals surface area contributed by atoms with Gasteiger partial charge in [-0.1, -0.05) is 44.6 Å². The second-order valence-electron chi connectivity index (χ2n) is 9.64. The van der Waals surface area contributed by atoms with Crippen molar-refractivity contribution in [3.8, 4) is 5.75 Å². The molecule has 5 heteroatoms. The number of carbonyl (C=O) groups is 1. The monoisotopic (exact) mass is 442 g/mol. The Bertz CT molecular complexity index is 819. The Balaban J connectivity index is 1.71. The zero-order valence-corrected chi connectivity index (χ0v) is 20.3. The smallest absolute Gasteiger partial charge is 0.331 e. The van der Waals surface area contributed by atoms with E-state index in [1.54, 1.807) is 20.3 Å². The lowest BCUT2D eigenvalue weighted by Crippen LogP contribution is -2.54. The molecular formula is C27H38O5. The summed E-state index contributed by atoms with van der Waals surface area (Å²) in [5, 5.41) is 0. The molecule has 0 aromatic heterocycles. The van der Waals surface area contributed by atoms with Crippen LogP contribution < -0.4 is 4.74 Å². The average molecular weight is 443 g/mol. The minimum atomic E-state index is -0.354. The van der Waals surface area contributed by atoms with Gasteiger partial charge >= 0.3 is 5.97 Å². The van der Waals surface area contributed by atoms with E-state index in [1.165, 1.54) is 11.6 Å². The Labute approximate surface area is 192 Å². The van der Waals surface area contributed by atoms with Gasteiger partial charge in [-0.25, -0.2) is 4.79 Å². The van der Waals surface area contributed by atoms with Crippen LogP contribution in [0.15, 0.2) is 42.0 Å². The maximum absolute atomic E-state index is 12.7. The zero-order valence-electron chi connectivity index (χ0n) is 20.3. The van der Waals surface area contributed by atoms with Crippen molar-refractivity contribution >= 4 is 12.0 Å². The van der Waals surface area contributed by atoms with E-state index in [0.717, 1.165) is 37.2 Å². The summed E-state index contributed by atoms with van der Waals surface area (Å²) < 4.78 is 23.1. The first-order chi connectivity index (χ1) is 15.3. The summed E-state index contributed by atoms with van der Waals surface area (Å²) in [7, 11) is 3.34. The number of ether oxygens (including phenoxy) is 4. The average Bonchev–Trinajstić information content (AvgIpc) is 3.53. The number of rotatable bonds is 9. The Morgan fingerprint density at radius 3 is 2.47 bits per heavy atom. The van der Waals surface area contributed by atoms with Crippen molar-refractivity contribution in [1.29, 1.82) is 0 Å². The number of hydrogen-bond acceptors (Lipinski definition) is 5. The van der Waals surface area contributed by atoms with E-state index >= 15 is 0 Å². The number of allylic oxidation sites excluding steroid dienone is 1. The van der Waals surface area contributed by atoms with E-state index in [4.69, 9.17) is 18.9 Å². The predicted molar refractivity (Wildman–Crippen MR) is 126 cm³/mol. The number of esters is 1. The van der Waals surface area contributed by atoms with Gasteiger partial charge in [0.1, 0.15) is 23.6 Å². The second kappa shape index (κ2) is 10.7. The molecule has 1 aromatic carbocycles. The number of hydrogen-bond donors (Lipinski definition) is 0. The lowest BCUT2D eigenvalue weighted by Gasteiger charge is -2.44. The fourth-order valence-corrected chi connectivity index (χ4v) is 4.94. The minimum absolute atomic E-state index is 0.0965. The summed E-state index contributed by atoms with van der Waals surface area (Å²) in [5.41, 5.74) is 2.01. The molecule has 0 N–H and O–H groups in total. The highest BCUT2D eigenvalue weighted by atomic mass is 16.6. The van der Waals surface area contributed by atoms with Crippen molar-refractivity contribution in [2.75, 3.05) is 20.8 Å². The number of epoxide rings is 1. The minimum Gasteiger partial charge on any atom is -0.497 e. The molecular weight excluding hydrogens is 404 g/mol. The number of benzene rings is 1. The van der Waals surface area contributed by atoms with Gasteiger partial charge in [0.25, 0.3) is 0 Å². The fourth-order valence-electron chi connectivity index (χ4n) is 4.94. The first-order valence-electron chi connectivity index (χ1n) is 11.7. The molecule has 1 aromatic rings. The van der Waals surface area contributed by atoms with Gasteiger partial charge in [-0.05, 0) is 61.8 Å². The maximum atomic E-state index is 12.7. The highest BCUT2D eigenvalue weighted by molar-refractivity contribution is 5.87. The van der Waals surface area contributed by atoms with E-state index in [0.29, 0.717) is 5.92 Å². The maximum Gasteiger partial charge on any atom is 0.331 e. The van der Waals surface area contributed by atoms with Gasteiger partial charge in [0.05, 0.1) is 13.7 Å². The first kappa shape index (κ1) is 24.5. The van der Waals surface area contributed by atoms with Gasteiger partial charge < -0.3 is 18.9 Å². The normalized spacial score (nSPS) is 30.2. The summed E-state index contributed by atoms with van der Waals surface area (Å²) in [6.45, 7) is 9.51. The molecule has 5 atom stereocenters. The molecule has 5 nitrogen and oxygen atoms in total. The Morgan fingerprint density at radius 2 is 1.91 bits per heavy atom. The molecule has 1 spiro atoms. The first-order valence-corrected chi connectivity index (χ1v) is 11.7. The summed E-state index contributed by atoms with van der Waals surface area (Å²) in [4.78, 5) is 12.7. The van der Waals surface area contributed by atoms with Crippen LogP contribution in [0, 0.1) is 17.8 Å². The van der Waals surface area contributed by atoms with Crippen LogP contribution in [0.3, 0.4) is 0 Å². The van der Waals surface area contributed by atoms with E-state index in [9.17, 15) is 4.79 Å². The predicted octanol–water partition coefficient (Wildman–Crippen LogP) is 5.44. The van der Waals surface area contributed by atoms with E-state index < -0.39 is 0 Å². The lowest BCUT2D eigenvalue weighted by atomic mass is 9.68. The van der Waals surface area contributed by atoms with Gasteiger partial charge in [0.2, 0.25) is 0 Å². The number of methoxy groups -OCH3 is 2. The summed E-state index contributed by atoms with van der Waals surface area (Å²) in [5.74, 6) is 1.34. The summed E-state index contributed by atoms with van der Waals surface area (Å²) in [6.07, 6.45) is 8.08. The van der Waals surface area contributed by atoms with Crippen molar-refractivity contribution in [2.45, 2.75) is 64.8 Å². The van der Waals surface area contributed by atoms with Crippen LogP contribution in [0.2, 0.25) is 0 Å². The Kier molecular flexibility index (Phi) is 8.18. The van der Waals surface area contributed by atoms with Crippen molar-refractivity contribution in [2.24, 2.45) is 17.8 Å². The Hall–Kier alpha value is -2.11. The van der Waals surface area contributed by atoms with Gasteiger partial charge in [-0.15, -0.1) is 0 Å². The number of carbonyl (C=O) groups excluding carboxylic acids is 1. The molecule has 2 fully saturated rings. The molecule has 1 aliphatic heterocycles. The largest absolute Gasteiger partial charge is 0.497 e. The lowest BCUT2D eigenvalue weighted by molar-refractivity contribution is -0.167. The van der Waals surface area contributed by atoms with E-state index in [2.05, 4.69) is 33.8 Å². The molecule has 176 valence electrons. The van der Waals surface area contributed by atoms with Crippen LogP contribution in [0.4, 0.5) is 0 Å².